The molecule has 0 spiro atoms. The molecule has 64 valence electrons. The third kappa shape index (κ3) is 6.44. The Morgan fingerprint density at radius 3 is 2.45 bits per heavy atom. The molecule has 0 amide bonds. The van der Waals surface area contributed by atoms with Crippen LogP contribution in [-0.2, 0) is 0 Å². The Morgan fingerprint density at radius 1 is 1.55 bits per heavy atom. The van der Waals surface area contributed by atoms with Crippen molar-refractivity contribution in [3.05, 3.63) is 0 Å². The van der Waals surface area contributed by atoms with Gasteiger partial charge in [-0.25, -0.2) is 0 Å². The molecule has 0 aromatic heterocycles. The minimum atomic E-state index is 0.384. The van der Waals surface area contributed by atoms with E-state index in [2.05, 4.69) is 42.6 Å². The van der Waals surface area contributed by atoms with E-state index in [1.54, 1.807) is 0 Å². The Balaban J connectivity index is 3.72. The molecule has 0 aromatic carbocycles. The first kappa shape index (κ1) is 11.0. The van der Waals surface area contributed by atoms with Gasteiger partial charge < -0.3 is 0 Å². The first-order chi connectivity index (χ1) is 4.98. The minimum absolute atomic E-state index is 0.384. The molecule has 0 aliphatic rings. The molecule has 0 saturated carbocycles. The minimum Gasteiger partial charge on any atom is -0.120 e. The molecule has 0 aromatic rings. The van der Waals surface area contributed by atoms with Crippen molar-refractivity contribution in [1.82, 2.24) is 0 Å². The Bertz CT molecular complexity index is 139. The van der Waals surface area contributed by atoms with Crippen molar-refractivity contribution in [3.63, 3.8) is 0 Å². The van der Waals surface area contributed by atoms with Gasteiger partial charge in [-0.2, -0.15) is 0 Å². The van der Waals surface area contributed by atoms with Crippen LogP contribution < -0.4 is 0 Å². The number of hydrogen-bond donors (Lipinski definition) is 0. The maximum absolute atomic E-state index is 5.20. The molecule has 0 radical (unpaired) electrons. The second-order valence-corrected chi connectivity index (χ2v) is 5.42. The van der Waals surface area contributed by atoms with Gasteiger partial charge in [-0.1, -0.05) is 36.7 Å². The van der Waals surface area contributed by atoms with Crippen LogP contribution in [0.25, 0.3) is 0 Å². The van der Waals surface area contributed by atoms with Crippen molar-refractivity contribution in [2.75, 3.05) is 0 Å². The smallest absolute Gasteiger partial charge is 0.0122 e. The molecular weight excluding hydrogens is 200 g/mol. The third-order valence-corrected chi connectivity index (χ3v) is 2.10. The average Bonchev–Trinajstić information content (AvgIpc) is 1.81. The average molecular weight is 217 g/mol. The molecule has 0 bridgehead atoms. The highest BCUT2D eigenvalue weighted by molar-refractivity contribution is 9.09. The van der Waals surface area contributed by atoms with E-state index in [4.69, 9.17) is 6.42 Å². The Kier molecular flexibility index (Phi) is 4.84. The van der Waals surface area contributed by atoms with Crippen LogP contribution in [0.2, 0.25) is 0 Å². The summed E-state index contributed by atoms with van der Waals surface area (Å²) in [6.45, 7) is 6.71. The van der Waals surface area contributed by atoms with Crippen molar-refractivity contribution in [1.29, 1.82) is 0 Å². The van der Waals surface area contributed by atoms with Crippen LogP contribution in [0.4, 0.5) is 0 Å². The Morgan fingerprint density at radius 2 is 2.09 bits per heavy atom. The van der Waals surface area contributed by atoms with Gasteiger partial charge in [0.1, 0.15) is 0 Å². The molecule has 0 saturated heterocycles. The predicted octanol–water partition coefficient (Wildman–Crippen LogP) is 3.60. The van der Waals surface area contributed by atoms with Crippen LogP contribution in [0, 0.1) is 17.8 Å². The summed E-state index contributed by atoms with van der Waals surface area (Å²) >= 11 is 3.55. The van der Waals surface area contributed by atoms with E-state index < -0.39 is 0 Å². The molecular formula is C10H17Br. The zero-order valence-corrected chi connectivity index (χ0v) is 9.24. The lowest BCUT2D eigenvalue weighted by atomic mass is 9.83. The molecule has 0 rings (SSSR count). The number of hydrogen-bond acceptors (Lipinski definition) is 0. The van der Waals surface area contributed by atoms with Gasteiger partial charge in [0.05, 0.1) is 0 Å². The fourth-order valence-corrected chi connectivity index (χ4v) is 2.15. The van der Waals surface area contributed by atoms with Gasteiger partial charge in [-0.15, -0.1) is 12.3 Å². The maximum atomic E-state index is 5.20. The highest BCUT2D eigenvalue weighted by atomic mass is 79.9. The number of halogens is 1. The van der Waals surface area contributed by atoms with Gasteiger partial charge in [-0.3, -0.25) is 0 Å². The first-order valence-electron chi connectivity index (χ1n) is 4.05. The van der Waals surface area contributed by atoms with Crippen molar-refractivity contribution in [2.24, 2.45) is 5.41 Å². The Hall–Kier alpha value is 0.0400. The lowest BCUT2D eigenvalue weighted by Crippen LogP contribution is -2.15. The molecule has 0 aliphatic carbocycles. The summed E-state index contributed by atoms with van der Waals surface area (Å²) in [5.41, 5.74) is 0.384. The van der Waals surface area contributed by atoms with Crippen LogP contribution in [-0.4, -0.2) is 4.83 Å². The molecule has 0 nitrogen and oxygen atoms in total. The van der Waals surface area contributed by atoms with Crippen molar-refractivity contribution in [2.45, 2.75) is 44.9 Å². The summed E-state index contributed by atoms with van der Waals surface area (Å²) in [5.74, 6) is 2.68. The van der Waals surface area contributed by atoms with Crippen LogP contribution in [0.5, 0.6) is 0 Å². The fourth-order valence-electron chi connectivity index (χ4n) is 1.27. The first-order valence-corrected chi connectivity index (χ1v) is 4.97. The summed E-state index contributed by atoms with van der Waals surface area (Å²) in [4.78, 5) is 0.593. The van der Waals surface area contributed by atoms with E-state index in [0.717, 1.165) is 12.8 Å². The molecule has 0 aliphatic heterocycles. The maximum Gasteiger partial charge on any atom is 0.0122 e. The number of terminal acetylenes is 1. The molecule has 0 fully saturated rings. The third-order valence-electron chi connectivity index (χ3n) is 1.78. The zero-order chi connectivity index (χ0) is 8.91. The standard InChI is InChI=1S/C10H17Br/c1-5-6-7-10(3,4)8-9(2)11/h1,9H,6-8H2,2-4H3. The van der Waals surface area contributed by atoms with Crippen LogP contribution in [0.1, 0.15) is 40.0 Å². The molecule has 0 N–H and O–H groups in total. The van der Waals surface area contributed by atoms with Gasteiger partial charge in [0.25, 0.3) is 0 Å². The van der Waals surface area contributed by atoms with E-state index in [1.165, 1.54) is 6.42 Å². The fraction of sp³-hybridized carbons (Fsp3) is 0.800. The monoisotopic (exact) mass is 216 g/mol. The summed E-state index contributed by atoms with van der Waals surface area (Å²) in [6, 6.07) is 0. The molecule has 1 unspecified atom stereocenters. The lowest BCUT2D eigenvalue weighted by molar-refractivity contribution is 0.314. The largest absolute Gasteiger partial charge is 0.120 e. The highest BCUT2D eigenvalue weighted by Crippen LogP contribution is 2.30. The van der Waals surface area contributed by atoms with E-state index in [-0.39, 0.29) is 0 Å². The van der Waals surface area contributed by atoms with Crippen LogP contribution in [0.15, 0.2) is 0 Å². The SMILES string of the molecule is C#CCCC(C)(C)CC(C)Br. The summed E-state index contributed by atoms with van der Waals surface area (Å²) in [6.07, 6.45) is 8.41. The van der Waals surface area contributed by atoms with Crippen molar-refractivity contribution >= 4 is 15.9 Å². The van der Waals surface area contributed by atoms with Gasteiger partial charge in [-0.05, 0) is 18.3 Å². The topological polar surface area (TPSA) is 0 Å². The van der Waals surface area contributed by atoms with Crippen molar-refractivity contribution < 1.29 is 0 Å². The molecule has 1 atom stereocenters. The van der Waals surface area contributed by atoms with E-state index >= 15 is 0 Å². The van der Waals surface area contributed by atoms with E-state index in [1.807, 2.05) is 0 Å². The quantitative estimate of drug-likeness (QED) is 0.498. The second kappa shape index (κ2) is 4.83. The molecule has 1 heteroatoms. The predicted molar refractivity (Wildman–Crippen MR) is 54.9 cm³/mol. The van der Waals surface area contributed by atoms with Gasteiger partial charge >= 0.3 is 0 Å². The summed E-state index contributed by atoms with van der Waals surface area (Å²) < 4.78 is 0. The van der Waals surface area contributed by atoms with Gasteiger partial charge in [0.15, 0.2) is 0 Å². The number of alkyl halides is 1. The molecule has 11 heavy (non-hydrogen) atoms. The van der Waals surface area contributed by atoms with Crippen molar-refractivity contribution in [3.8, 4) is 12.3 Å². The lowest BCUT2D eigenvalue weighted by Gasteiger charge is -2.24. The van der Waals surface area contributed by atoms with Crippen LogP contribution in [0.3, 0.4) is 0 Å². The van der Waals surface area contributed by atoms with E-state index in [9.17, 15) is 0 Å². The van der Waals surface area contributed by atoms with Crippen LogP contribution >= 0.6 is 15.9 Å². The van der Waals surface area contributed by atoms with Gasteiger partial charge in [0, 0.05) is 11.2 Å². The van der Waals surface area contributed by atoms with Gasteiger partial charge in [0.2, 0.25) is 0 Å². The zero-order valence-electron chi connectivity index (χ0n) is 7.65. The van der Waals surface area contributed by atoms with E-state index in [0.29, 0.717) is 10.2 Å². The number of rotatable bonds is 4. The normalized spacial score (nSPS) is 14.1. The Labute approximate surface area is 78.9 Å². The highest BCUT2D eigenvalue weighted by Gasteiger charge is 2.18. The summed E-state index contributed by atoms with van der Waals surface area (Å²) in [7, 11) is 0. The molecule has 0 heterocycles. The second-order valence-electron chi connectivity index (χ2n) is 3.85. The summed E-state index contributed by atoms with van der Waals surface area (Å²) in [5, 5.41) is 0.